The molecule has 1 aliphatic rings. The smallest absolute Gasteiger partial charge is 0.240 e. The Morgan fingerprint density at radius 1 is 1.13 bits per heavy atom. The van der Waals surface area contributed by atoms with Crippen LogP contribution in [0.5, 0.6) is 0 Å². The van der Waals surface area contributed by atoms with E-state index in [2.05, 4.69) is 21.9 Å². The highest BCUT2D eigenvalue weighted by Crippen LogP contribution is 2.21. The van der Waals surface area contributed by atoms with Gasteiger partial charge < -0.3 is 5.32 Å². The SMILES string of the molecule is CCc1cccc(C)c1NC(=O)CN1CCC(NS(=O)(=O)c2ccc(Cl)cc2)CC1. The number of aryl methyl sites for hydroxylation is 2. The molecule has 0 aliphatic carbocycles. The number of amides is 1. The Morgan fingerprint density at radius 2 is 1.80 bits per heavy atom. The molecule has 0 unspecified atom stereocenters. The lowest BCUT2D eigenvalue weighted by molar-refractivity contribution is -0.117. The van der Waals surface area contributed by atoms with Crippen molar-refractivity contribution in [3.63, 3.8) is 0 Å². The largest absolute Gasteiger partial charge is 0.324 e. The van der Waals surface area contributed by atoms with Gasteiger partial charge in [-0.05, 0) is 61.6 Å². The number of hydrogen-bond acceptors (Lipinski definition) is 4. The molecule has 8 heteroatoms. The molecule has 6 nitrogen and oxygen atoms in total. The van der Waals surface area contributed by atoms with Crippen molar-refractivity contribution < 1.29 is 13.2 Å². The van der Waals surface area contributed by atoms with Crippen LogP contribution >= 0.6 is 11.6 Å². The van der Waals surface area contributed by atoms with Gasteiger partial charge in [-0.2, -0.15) is 0 Å². The van der Waals surface area contributed by atoms with Gasteiger partial charge in [0.05, 0.1) is 11.4 Å². The van der Waals surface area contributed by atoms with Gasteiger partial charge in [-0.25, -0.2) is 13.1 Å². The van der Waals surface area contributed by atoms with Crippen molar-refractivity contribution in [2.75, 3.05) is 25.0 Å². The highest BCUT2D eigenvalue weighted by atomic mass is 35.5. The molecule has 162 valence electrons. The van der Waals surface area contributed by atoms with Crippen molar-refractivity contribution in [1.82, 2.24) is 9.62 Å². The fourth-order valence-corrected chi connectivity index (χ4v) is 5.13. The molecule has 3 rings (SSSR count). The van der Waals surface area contributed by atoms with E-state index in [9.17, 15) is 13.2 Å². The molecule has 1 heterocycles. The van der Waals surface area contributed by atoms with E-state index in [1.54, 1.807) is 12.1 Å². The summed E-state index contributed by atoms with van der Waals surface area (Å²) in [4.78, 5) is 14.8. The first-order valence-corrected chi connectivity index (χ1v) is 12.0. The van der Waals surface area contributed by atoms with E-state index in [0.29, 0.717) is 37.5 Å². The number of para-hydroxylation sites is 1. The topological polar surface area (TPSA) is 78.5 Å². The molecular weight excluding hydrogens is 422 g/mol. The predicted molar refractivity (Wildman–Crippen MR) is 120 cm³/mol. The molecule has 0 saturated carbocycles. The first-order chi connectivity index (χ1) is 14.3. The molecule has 2 aromatic rings. The summed E-state index contributed by atoms with van der Waals surface area (Å²) < 4.78 is 27.8. The molecule has 30 heavy (non-hydrogen) atoms. The fourth-order valence-electron chi connectivity index (χ4n) is 3.69. The summed E-state index contributed by atoms with van der Waals surface area (Å²) in [5.74, 6) is -0.0424. The Kier molecular flexibility index (Phi) is 7.52. The number of benzene rings is 2. The van der Waals surface area contributed by atoms with E-state index in [-0.39, 0.29) is 16.8 Å². The number of carbonyl (C=O) groups is 1. The molecule has 0 bridgehead atoms. The molecule has 2 aromatic carbocycles. The van der Waals surface area contributed by atoms with Crippen LogP contribution in [0.1, 0.15) is 30.9 Å². The van der Waals surface area contributed by atoms with Crippen LogP contribution in [0.25, 0.3) is 0 Å². The molecule has 1 fully saturated rings. The van der Waals surface area contributed by atoms with E-state index in [0.717, 1.165) is 23.2 Å². The number of piperidine rings is 1. The lowest BCUT2D eigenvalue weighted by atomic mass is 10.1. The van der Waals surface area contributed by atoms with Crippen LogP contribution in [0.2, 0.25) is 5.02 Å². The average molecular weight is 450 g/mol. The number of halogens is 1. The van der Waals surface area contributed by atoms with E-state index in [4.69, 9.17) is 11.6 Å². The summed E-state index contributed by atoms with van der Waals surface area (Å²) in [6.07, 6.45) is 2.17. The van der Waals surface area contributed by atoms with Gasteiger partial charge in [-0.3, -0.25) is 9.69 Å². The van der Waals surface area contributed by atoms with Crippen molar-refractivity contribution in [2.24, 2.45) is 0 Å². The highest BCUT2D eigenvalue weighted by molar-refractivity contribution is 7.89. The van der Waals surface area contributed by atoms with Gasteiger partial charge in [0, 0.05) is 29.8 Å². The first-order valence-electron chi connectivity index (χ1n) is 10.2. The molecule has 0 spiro atoms. The summed E-state index contributed by atoms with van der Waals surface area (Å²) in [5, 5.41) is 3.55. The molecule has 0 aromatic heterocycles. The number of likely N-dealkylation sites (tertiary alicyclic amines) is 1. The Bertz CT molecular complexity index is 985. The zero-order valence-electron chi connectivity index (χ0n) is 17.3. The van der Waals surface area contributed by atoms with Gasteiger partial charge in [0.2, 0.25) is 15.9 Å². The van der Waals surface area contributed by atoms with Crippen molar-refractivity contribution in [3.8, 4) is 0 Å². The number of nitrogens with one attached hydrogen (secondary N) is 2. The monoisotopic (exact) mass is 449 g/mol. The Hall–Kier alpha value is -1.93. The minimum Gasteiger partial charge on any atom is -0.324 e. The van der Waals surface area contributed by atoms with Crippen molar-refractivity contribution in [2.45, 2.75) is 44.0 Å². The van der Waals surface area contributed by atoms with E-state index < -0.39 is 10.0 Å². The normalized spacial score (nSPS) is 15.8. The summed E-state index contributed by atoms with van der Waals surface area (Å²) in [6, 6.07) is 12.0. The maximum absolute atomic E-state index is 12.5. The van der Waals surface area contributed by atoms with Gasteiger partial charge in [-0.15, -0.1) is 0 Å². The van der Waals surface area contributed by atoms with Crippen molar-refractivity contribution >= 4 is 33.2 Å². The second-order valence-corrected chi connectivity index (χ2v) is 9.79. The zero-order chi connectivity index (χ0) is 21.7. The van der Waals surface area contributed by atoms with E-state index in [1.165, 1.54) is 12.1 Å². The van der Waals surface area contributed by atoms with Crippen LogP contribution in [0.4, 0.5) is 5.69 Å². The number of carbonyl (C=O) groups excluding carboxylic acids is 1. The summed E-state index contributed by atoms with van der Waals surface area (Å²) in [5.41, 5.74) is 3.08. The standard InChI is InChI=1S/C22H28ClN3O3S/c1-3-17-6-4-5-16(2)22(17)24-21(27)15-26-13-11-19(12-14-26)25-30(28,29)20-9-7-18(23)8-10-20/h4-10,19,25H,3,11-15H2,1-2H3,(H,24,27). The Balaban J connectivity index is 1.51. The zero-order valence-corrected chi connectivity index (χ0v) is 18.9. The molecule has 0 radical (unpaired) electrons. The van der Waals surface area contributed by atoms with Gasteiger partial charge in [0.25, 0.3) is 0 Å². The number of nitrogens with zero attached hydrogens (tertiary/aromatic N) is 1. The lowest BCUT2D eigenvalue weighted by Crippen LogP contribution is -2.46. The maximum Gasteiger partial charge on any atom is 0.240 e. The average Bonchev–Trinajstić information content (AvgIpc) is 2.71. The van der Waals surface area contributed by atoms with Crippen LogP contribution < -0.4 is 10.0 Å². The lowest BCUT2D eigenvalue weighted by Gasteiger charge is -2.31. The van der Waals surface area contributed by atoms with E-state index in [1.807, 2.05) is 25.1 Å². The van der Waals surface area contributed by atoms with Crippen LogP contribution in [0.3, 0.4) is 0 Å². The molecule has 1 saturated heterocycles. The Labute approximate surface area is 183 Å². The summed E-state index contributed by atoms with van der Waals surface area (Å²) >= 11 is 5.83. The minimum atomic E-state index is -3.58. The van der Waals surface area contributed by atoms with Gasteiger partial charge >= 0.3 is 0 Å². The Morgan fingerprint density at radius 3 is 2.43 bits per heavy atom. The third-order valence-electron chi connectivity index (χ3n) is 5.40. The predicted octanol–water partition coefficient (Wildman–Crippen LogP) is 3.59. The molecule has 2 N–H and O–H groups in total. The van der Waals surface area contributed by atoms with Crippen LogP contribution in [0, 0.1) is 6.92 Å². The van der Waals surface area contributed by atoms with Crippen molar-refractivity contribution in [3.05, 3.63) is 58.6 Å². The van der Waals surface area contributed by atoms with Gasteiger partial charge in [-0.1, -0.05) is 36.7 Å². The quantitative estimate of drug-likeness (QED) is 0.677. The number of hydrogen-bond donors (Lipinski definition) is 2. The second-order valence-electron chi connectivity index (χ2n) is 7.64. The van der Waals surface area contributed by atoms with Crippen LogP contribution in [-0.4, -0.2) is 44.9 Å². The highest BCUT2D eigenvalue weighted by Gasteiger charge is 2.25. The maximum atomic E-state index is 12.5. The second kappa shape index (κ2) is 9.92. The fraction of sp³-hybridized carbons (Fsp3) is 0.409. The van der Waals surface area contributed by atoms with Crippen molar-refractivity contribution in [1.29, 1.82) is 0 Å². The summed E-state index contributed by atoms with van der Waals surface area (Å²) in [6.45, 7) is 5.69. The van der Waals surface area contributed by atoms with Crippen LogP contribution in [0.15, 0.2) is 47.4 Å². The van der Waals surface area contributed by atoms with Gasteiger partial charge in [0.1, 0.15) is 0 Å². The molecular formula is C22H28ClN3O3S. The van der Waals surface area contributed by atoms with Crippen LogP contribution in [-0.2, 0) is 21.2 Å². The minimum absolute atomic E-state index is 0.0424. The number of anilines is 1. The third kappa shape index (κ3) is 5.82. The molecule has 0 atom stereocenters. The first kappa shape index (κ1) is 22.7. The summed E-state index contributed by atoms with van der Waals surface area (Å²) in [7, 11) is -3.58. The third-order valence-corrected chi connectivity index (χ3v) is 7.19. The molecule has 1 aliphatic heterocycles. The number of rotatable bonds is 7. The van der Waals surface area contributed by atoms with Gasteiger partial charge in [0.15, 0.2) is 0 Å². The molecule has 1 amide bonds. The van der Waals surface area contributed by atoms with E-state index >= 15 is 0 Å². The number of sulfonamides is 1.